The van der Waals surface area contributed by atoms with E-state index in [4.69, 9.17) is 9.47 Å². The summed E-state index contributed by atoms with van der Waals surface area (Å²) in [7, 11) is -3.98. The molecule has 5 aromatic carbocycles. The molecular formula is C48H53N5O7S. The van der Waals surface area contributed by atoms with E-state index >= 15 is 0 Å². The predicted molar refractivity (Wildman–Crippen MR) is 232 cm³/mol. The summed E-state index contributed by atoms with van der Waals surface area (Å²) < 4.78 is 42.7. The summed E-state index contributed by atoms with van der Waals surface area (Å²) in [6.45, 7) is 4.70. The van der Waals surface area contributed by atoms with Crippen molar-refractivity contribution in [2.45, 2.75) is 80.7 Å². The molecule has 12 nitrogen and oxygen atoms in total. The highest BCUT2D eigenvalue weighted by molar-refractivity contribution is 7.89. The molecule has 0 bridgehead atoms. The number of rotatable bonds is 14. The number of ether oxygens (including phenoxy) is 2. The van der Waals surface area contributed by atoms with E-state index in [1.165, 1.54) is 12.1 Å². The van der Waals surface area contributed by atoms with Gasteiger partial charge in [0, 0.05) is 43.9 Å². The van der Waals surface area contributed by atoms with Gasteiger partial charge in [-0.3, -0.25) is 9.59 Å². The fraction of sp³-hybridized carbons (Fsp3) is 0.333. The number of sulfonamides is 1. The minimum atomic E-state index is -3.98. The molecule has 4 N–H and O–H groups in total. The molecule has 3 aliphatic heterocycles. The molecule has 0 aromatic heterocycles. The molecule has 3 fully saturated rings. The van der Waals surface area contributed by atoms with E-state index in [9.17, 15) is 23.1 Å². The first kappa shape index (κ1) is 42.3. The molecule has 13 heteroatoms. The van der Waals surface area contributed by atoms with Gasteiger partial charge in [-0.15, -0.1) is 0 Å². The summed E-state index contributed by atoms with van der Waals surface area (Å²) in [5, 5.41) is 15.7. The zero-order valence-corrected chi connectivity index (χ0v) is 35.1. The zero-order chi connectivity index (χ0) is 42.4. The Bertz CT molecular complexity index is 2360. The van der Waals surface area contributed by atoms with Gasteiger partial charge in [-0.1, -0.05) is 115 Å². The lowest BCUT2D eigenvalue weighted by Gasteiger charge is -2.45. The van der Waals surface area contributed by atoms with E-state index in [0.29, 0.717) is 32.5 Å². The minimum absolute atomic E-state index is 0.0418. The molecule has 5 aromatic rings. The van der Waals surface area contributed by atoms with Crippen LogP contribution < -0.4 is 20.3 Å². The Balaban J connectivity index is 0.936. The quantitative estimate of drug-likeness (QED) is 0.111. The number of anilines is 1. The normalized spacial score (nSPS) is 20.9. The Hall–Kier alpha value is -5.41. The van der Waals surface area contributed by atoms with Gasteiger partial charge >= 0.3 is 0 Å². The fourth-order valence-corrected chi connectivity index (χ4v) is 9.77. The van der Waals surface area contributed by atoms with Crippen LogP contribution in [0.3, 0.4) is 0 Å². The molecular weight excluding hydrogens is 791 g/mol. The van der Waals surface area contributed by atoms with Crippen LogP contribution in [0, 0.1) is 6.92 Å². The molecule has 3 aliphatic rings. The number of piperidine rings is 1. The predicted octanol–water partition coefficient (Wildman–Crippen LogP) is 5.67. The molecule has 1 spiro atoms. The second-order valence-electron chi connectivity index (χ2n) is 16.2. The maximum atomic E-state index is 13.7. The van der Waals surface area contributed by atoms with Crippen LogP contribution in [0.4, 0.5) is 5.69 Å². The zero-order valence-electron chi connectivity index (χ0n) is 34.3. The van der Waals surface area contributed by atoms with Crippen molar-refractivity contribution in [1.82, 2.24) is 20.3 Å². The first-order valence-electron chi connectivity index (χ1n) is 20.9. The topological polar surface area (TPSA) is 150 Å². The Morgan fingerprint density at radius 3 is 2.13 bits per heavy atom. The number of benzene rings is 5. The smallest absolute Gasteiger partial charge is 0.247 e. The summed E-state index contributed by atoms with van der Waals surface area (Å²) in [5.41, 5.74) is 5.69. The maximum Gasteiger partial charge on any atom is 0.247 e. The van der Waals surface area contributed by atoms with Gasteiger partial charge in [-0.25, -0.2) is 8.42 Å². The number of nitrogens with zero attached hydrogens (tertiary/aromatic N) is 2. The van der Waals surface area contributed by atoms with Crippen LogP contribution in [0.1, 0.15) is 65.0 Å². The highest BCUT2D eigenvalue weighted by atomic mass is 32.2. The van der Waals surface area contributed by atoms with Crippen molar-refractivity contribution >= 4 is 27.5 Å². The lowest BCUT2D eigenvalue weighted by molar-refractivity contribution is -0.253. The average molecular weight is 844 g/mol. The van der Waals surface area contributed by atoms with Gasteiger partial charge in [-0.05, 0) is 72.7 Å². The van der Waals surface area contributed by atoms with E-state index in [-0.39, 0.29) is 42.6 Å². The van der Waals surface area contributed by atoms with Crippen LogP contribution in [-0.4, -0.2) is 74.2 Å². The van der Waals surface area contributed by atoms with E-state index in [1.54, 1.807) is 12.1 Å². The fourth-order valence-electron chi connectivity index (χ4n) is 8.57. The van der Waals surface area contributed by atoms with Gasteiger partial charge in [0.15, 0.2) is 6.29 Å². The molecule has 4 unspecified atom stereocenters. The summed E-state index contributed by atoms with van der Waals surface area (Å²) >= 11 is 0. The van der Waals surface area contributed by atoms with Gasteiger partial charge in [0.05, 0.1) is 30.4 Å². The Morgan fingerprint density at radius 1 is 0.820 bits per heavy atom. The molecule has 3 saturated heterocycles. The maximum absolute atomic E-state index is 13.7. The third kappa shape index (κ3) is 9.88. The van der Waals surface area contributed by atoms with Crippen molar-refractivity contribution in [2.24, 2.45) is 0 Å². The number of likely N-dealkylation sites (tertiary alicyclic amines) is 1. The Labute approximate surface area is 357 Å². The molecule has 0 radical (unpaired) electrons. The van der Waals surface area contributed by atoms with Crippen LogP contribution in [-0.2, 0) is 48.7 Å². The van der Waals surface area contributed by atoms with Gasteiger partial charge in [-0.2, -0.15) is 4.72 Å². The van der Waals surface area contributed by atoms with Crippen molar-refractivity contribution in [3.8, 4) is 0 Å². The molecule has 0 aliphatic carbocycles. The number of aliphatic hydroxyl groups excluding tert-OH is 1. The highest BCUT2D eigenvalue weighted by Crippen LogP contribution is 2.40. The standard InChI is InChI=1S/C48H53N5O7S/c1-34-12-22-42(23-13-34)61(57,58)51-43(28-35-8-4-2-5-9-35)45(55)49-30-36-14-20-39(21-15-36)46-59-41(29-44(60-46)38-18-16-37(32-54)17-19-38)31-52-26-24-48(25-27-52)47(56)50-33-53(48)40-10-6-3-7-11-40/h2-23,41,43-44,46,51,54H,24-33H2,1H3,(H,49,55)(H,50,56). The number of aliphatic hydroxyl groups is 1. The first-order chi connectivity index (χ1) is 29.6. The molecule has 61 heavy (non-hydrogen) atoms. The lowest BCUT2D eigenvalue weighted by atomic mass is 9.85. The first-order valence-corrected chi connectivity index (χ1v) is 22.4. The Morgan fingerprint density at radius 2 is 1.46 bits per heavy atom. The van der Waals surface area contributed by atoms with Gasteiger partial charge in [0.1, 0.15) is 11.6 Å². The second-order valence-corrected chi connectivity index (χ2v) is 18.0. The Kier molecular flexibility index (Phi) is 13.0. The van der Waals surface area contributed by atoms with Crippen molar-refractivity contribution in [3.63, 3.8) is 0 Å². The number of carbonyl (C=O) groups excluding carboxylic acids is 2. The number of aryl methyl sites for hydroxylation is 1. The van der Waals surface area contributed by atoms with Crippen LogP contribution >= 0.6 is 0 Å². The van der Waals surface area contributed by atoms with Crippen LogP contribution in [0.25, 0.3) is 0 Å². The molecule has 3 heterocycles. The van der Waals surface area contributed by atoms with Gasteiger partial charge < -0.3 is 35.0 Å². The average Bonchev–Trinajstić information content (AvgIpc) is 3.60. The summed E-state index contributed by atoms with van der Waals surface area (Å²) in [6.07, 6.45) is 1.13. The molecule has 4 atom stereocenters. The van der Waals surface area contributed by atoms with Crippen molar-refractivity contribution in [1.29, 1.82) is 0 Å². The van der Waals surface area contributed by atoms with E-state index in [2.05, 4.69) is 37.3 Å². The second kappa shape index (κ2) is 18.7. The van der Waals surface area contributed by atoms with Crippen LogP contribution in [0.5, 0.6) is 0 Å². The van der Waals surface area contributed by atoms with E-state index in [0.717, 1.165) is 52.2 Å². The summed E-state index contributed by atoms with van der Waals surface area (Å²) in [4.78, 5) is 31.7. The highest BCUT2D eigenvalue weighted by Gasteiger charge is 2.50. The van der Waals surface area contributed by atoms with Gasteiger partial charge in [0.25, 0.3) is 0 Å². The van der Waals surface area contributed by atoms with Gasteiger partial charge in [0.2, 0.25) is 21.8 Å². The number of nitrogens with one attached hydrogen (secondary N) is 3. The number of hydrogen-bond donors (Lipinski definition) is 4. The lowest BCUT2D eigenvalue weighted by Crippen LogP contribution is -2.57. The monoisotopic (exact) mass is 843 g/mol. The third-order valence-electron chi connectivity index (χ3n) is 12.1. The van der Waals surface area contributed by atoms with Crippen molar-refractivity contribution in [3.05, 3.63) is 167 Å². The minimum Gasteiger partial charge on any atom is -0.392 e. The third-order valence-corrected chi connectivity index (χ3v) is 13.6. The SMILES string of the molecule is Cc1ccc(S(=O)(=O)NC(Cc2ccccc2)C(=O)NCc2ccc(C3OC(CN4CCC5(CC4)C(=O)NCN5c4ccccc4)CC(c4ccc(CO)cc4)O3)cc2)cc1. The molecule has 2 amide bonds. The summed E-state index contributed by atoms with van der Waals surface area (Å²) in [6, 6.07) is 40.4. The number of carbonyl (C=O) groups is 2. The largest absolute Gasteiger partial charge is 0.392 e. The molecule has 8 rings (SSSR count). The number of hydrogen-bond acceptors (Lipinski definition) is 9. The van der Waals surface area contributed by atoms with Crippen molar-refractivity contribution < 1.29 is 32.6 Å². The number of para-hydroxylation sites is 1. The van der Waals surface area contributed by atoms with Crippen molar-refractivity contribution in [2.75, 3.05) is 31.2 Å². The van der Waals surface area contributed by atoms with E-state index in [1.807, 2.05) is 104 Å². The van der Waals surface area contributed by atoms with Crippen LogP contribution in [0.15, 0.2) is 138 Å². The molecule has 318 valence electrons. The summed E-state index contributed by atoms with van der Waals surface area (Å²) in [5.74, 6) is -0.354. The molecule has 0 saturated carbocycles. The van der Waals surface area contributed by atoms with Crippen LogP contribution in [0.2, 0.25) is 0 Å². The van der Waals surface area contributed by atoms with E-state index < -0.39 is 33.8 Å². The number of amides is 2.